The number of phenols is 2. The Balaban J connectivity index is -0.00000218. The Morgan fingerprint density at radius 2 is 1.11 bits per heavy atom. The van der Waals surface area contributed by atoms with E-state index in [1.807, 2.05) is 19.2 Å². The monoisotopic (exact) mass is 674 g/mol. The maximum atomic E-state index is 10.4. The smallest absolute Gasteiger partial charge is 0.504 e. The molecular formula is C23H37LuN3O9+3. The van der Waals surface area contributed by atoms with Crippen LogP contribution >= 0.6 is 0 Å². The number of nitrogens with zero attached hydrogens (tertiary/aromatic N) is 3. The molecule has 0 fully saturated rings. The quantitative estimate of drug-likeness (QED) is 0.359. The number of phenolic OH excluding ortho intramolecular Hbond substituents is 2. The Morgan fingerprint density at radius 1 is 0.694 bits per heavy atom. The van der Waals surface area contributed by atoms with Crippen molar-refractivity contribution in [3.8, 4) is 23.0 Å². The fraction of sp³-hybridized carbons (Fsp3) is 0.391. The molecule has 0 amide bonds. The number of hydrogen-bond acceptors (Lipinski definition) is 8. The van der Waals surface area contributed by atoms with Gasteiger partial charge in [-0.05, 0) is 31.3 Å². The van der Waals surface area contributed by atoms with E-state index in [2.05, 4.69) is 14.9 Å². The van der Waals surface area contributed by atoms with Crippen molar-refractivity contribution in [3.63, 3.8) is 0 Å². The molecule has 13 heteroatoms. The van der Waals surface area contributed by atoms with Crippen molar-refractivity contribution in [3.05, 3.63) is 47.5 Å². The molecule has 36 heavy (non-hydrogen) atoms. The fourth-order valence-electron chi connectivity index (χ4n) is 2.94. The van der Waals surface area contributed by atoms with Crippen LogP contribution in [0.15, 0.2) is 46.4 Å². The Kier molecular flexibility index (Phi) is 22.6. The van der Waals surface area contributed by atoms with Crippen LogP contribution in [0.3, 0.4) is 0 Å². The number of benzene rings is 2. The average Bonchev–Trinajstić information content (AvgIpc) is 2.76. The first-order valence-electron chi connectivity index (χ1n) is 10.3. The Labute approximate surface area is 239 Å². The van der Waals surface area contributed by atoms with Gasteiger partial charge in [-0.3, -0.25) is 9.98 Å². The number of fused-ring (bicyclic) bond motifs is 4. The second-order valence-electron chi connectivity index (χ2n) is 7.07. The van der Waals surface area contributed by atoms with Crippen LogP contribution in [-0.4, -0.2) is 109 Å². The molecule has 1 aliphatic heterocycles. The van der Waals surface area contributed by atoms with E-state index in [0.29, 0.717) is 48.9 Å². The van der Waals surface area contributed by atoms with Gasteiger partial charge in [0.2, 0.25) is 0 Å². The Hall–Kier alpha value is -2.03. The van der Waals surface area contributed by atoms with Crippen molar-refractivity contribution in [1.82, 2.24) is 4.90 Å². The van der Waals surface area contributed by atoms with Crippen molar-refractivity contribution < 1.29 is 83.2 Å². The Morgan fingerprint density at radius 3 is 1.53 bits per heavy atom. The molecule has 0 spiro atoms. The third-order valence-corrected chi connectivity index (χ3v) is 4.71. The van der Waals surface area contributed by atoms with Crippen LogP contribution in [0.25, 0.3) is 0 Å². The van der Waals surface area contributed by atoms with Crippen LogP contribution in [-0.2, 0) is 4.74 Å². The molecule has 0 aromatic heterocycles. The normalized spacial score (nSPS) is 14.7. The molecule has 3 rings (SSSR count). The summed E-state index contributed by atoms with van der Waals surface area (Å²) < 4.78 is 16.8. The number of aromatic hydroxyl groups is 2. The SMILES string of the molecule is CN1CCN=Cc2cccc(c2O)OCCOCCOc2cccc(c2O)C=NCC1.O.O.O.O.[Lu+3]. The molecule has 2 aromatic carbocycles. The summed E-state index contributed by atoms with van der Waals surface area (Å²) in [6, 6.07) is 10.6. The second-order valence-corrected chi connectivity index (χ2v) is 7.07. The maximum Gasteiger partial charge on any atom is 3.00 e. The molecule has 4 bridgehead atoms. The zero-order valence-electron chi connectivity index (χ0n) is 20.0. The van der Waals surface area contributed by atoms with Crippen molar-refractivity contribution in [1.29, 1.82) is 0 Å². The third kappa shape index (κ3) is 12.3. The molecule has 0 saturated carbocycles. The standard InChI is InChI=1S/C23H29N3O5.Lu.4H2O/c1-26-10-8-24-16-18-4-2-6-20(22(18)27)30-14-12-29-13-15-31-21-7-3-5-19(23(21)28)17-25-9-11-26;;;;;/h2-7,16-17,27-28H,8-15H2,1H3;;4*1H2/q;+3;;;;. The molecule has 1 aliphatic rings. The topological polar surface area (TPSA) is 222 Å². The van der Waals surface area contributed by atoms with Crippen LogP contribution < -0.4 is 9.47 Å². The van der Waals surface area contributed by atoms with Gasteiger partial charge in [-0.25, -0.2) is 0 Å². The summed E-state index contributed by atoms with van der Waals surface area (Å²) in [5.41, 5.74) is 1.23. The van der Waals surface area contributed by atoms with Gasteiger partial charge in [-0.15, -0.1) is 0 Å². The van der Waals surface area contributed by atoms with E-state index in [1.165, 1.54) is 0 Å². The molecule has 2 aromatic rings. The summed E-state index contributed by atoms with van der Waals surface area (Å²) >= 11 is 0. The molecule has 0 aliphatic carbocycles. The van der Waals surface area contributed by atoms with Gasteiger partial charge in [-0.2, -0.15) is 0 Å². The summed E-state index contributed by atoms with van der Waals surface area (Å²) in [7, 11) is 2.00. The molecule has 0 saturated heterocycles. The van der Waals surface area contributed by atoms with Crippen LogP contribution in [0.1, 0.15) is 11.1 Å². The number of ether oxygens (including phenoxy) is 3. The van der Waals surface area contributed by atoms with Crippen LogP contribution in [0, 0.1) is 36.9 Å². The van der Waals surface area contributed by atoms with E-state index in [4.69, 9.17) is 14.2 Å². The second kappa shape index (κ2) is 21.1. The number of likely N-dealkylation sites (N-methyl/N-ethyl adjacent to an activating group) is 1. The minimum absolute atomic E-state index is 0. The minimum atomic E-state index is 0. The number of aliphatic imine (C=N–C) groups is 2. The van der Waals surface area contributed by atoms with Crippen molar-refractivity contribution in [2.45, 2.75) is 0 Å². The zero-order valence-corrected chi connectivity index (χ0v) is 21.7. The van der Waals surface area contributed by atoms with Crippen molar-refractivity contribution in [2.24, 2.45) is 9.98 Å². The van der Waals surface area contributed by atoms with Crippen LogP contribution in [0.4, 0.5) is 0 Å². The Bertz CT molecular complexity index is 845. The van der Waals surface area contributed by atoms with E-state index in [1.54, 1.807) is 36.7 Å². The van der Waals surface area contributed by atoms with E-state index in [-0.39, 0.29) is 83.5 Å². The number of para-hydroxylation sites is 2. The van der Waals surface area contributed by atoms with Crippen LogP contribution in [0.2, 0.25) is 0 Å². The number of rotatable bonds is 0. The molecular weight excluding hydrogens is 637 g/mol. The van der Waals surface area contributed by atoms with Gasteiger partial charge < -0.3 is 51.2 Å². The van der Waals surface area contributed by atoms with Crippen LogP contribution in [0.5, 0.6) is 23.0 Å². The van der Waals surface area contributed by atoms with Gasteiger partial charge in [-0.1, -0.05) is 12.1 Å². The summed E-state index contributed by atoms with van der Waals surface area (Å²) in [6.45, 7) is 3.96. The van der Waals surface area contributed by atoms with Gasteiger partial charge in [0.25, 0.3) is 0 Å². The van der Waals surface area contributed by atoms with Gasteiger partial charge >= 0.3 is 36.9 Å². The first kappa shape index (κ1) is 38.5. The van der Waals surface area contributed by atoms with Crippen molar-refractivity contribution >= 4 is 12.4 Å². The fourth-order valence-corrected chi connectivity index (χ4v) is 2.94. The zero-order chi connectivity index (χ0) is 21.9. The molecule has 12 nitrogen and oxygen atoms in total. The minimum Gasteiger partial charge on any atom is -0.504 e. The van der Waals surface area contributed by atoms with Gasteiger partial charge in [0, 0.05) is 36.6 Å². The maximum absolute atomic E-state index is 10.4. The van der Waals surface area contributed by atoms with Gasteiger partial charge in [0.1, 0.15) is 13.2 Å². The molecule has 1 heterocycles. The molecule has 10 N–H and O–H groups in total. The predicted molar refractivity (Wildman–Crippen MR) is 135 cm³/mol. The van der Waals surface area contributed by atoms with Crippen molar-refractivity contribution in [2.75, 3.05) is 59.7 Å². The molecule has 0 radical (unpaired) electrons. The van der Waals surface area contributed by atoms with E-state index in [9.17, 15) is 10.2 Å². The first-order chi connectivity index (χ1) is 15.1. The van der Waals surface area contributed by atoms with Gasteiger partial charge in [0.05, 0.1) is 26.3 Å². The van der Waals surface area contributed by atoms with E-state index < -0.39 is 0 Å². The molecule has 210 valence electrons. The van der Waals surface area contributed by atoms with Gasteiger partial charge in [0.15, 0.2) is 23.0 Å². The number of hydrogen-bond donors (Lipinski definition) is 2. The molecule has 0 atom stereocenters. The molecule has 0 unspecified atom stereocenters. The largest absolute Gasteiger partial charge is 3.00 e. The summed E-state index contributed by atoms with van der Waals surface area (Å²) in [5, 5.41) is 20.8. The summed E-state index contributed by atoms with van der Waals surface area (Å²) in [6.07, 6.45) is 3.31. The summed E-state index contributed by atoms with van der Waals surface area (Å²) in [4.78, 5) is 10.9. The average molecular weight is 675 g/mol. The third-order valence-electron chi connectivity index (χ3n) is 4.71. The summed E-state index contributed by atoms with van der Waals surface area (Å²) in [5.74, 6) is 0.912. The first-order valence-corrected chi connectivity index (χ1v) is 10.3. The predicted octanol–water partition coefficient (Wildman–Crippen LogP) is -0.943. The van der Waals surface area contributed by atoms with E-state index >= 15 is 0 Å². The van der Waals surface area contributed by atoms with E-state index in [0.717, 1.165) is 13.1 Å².